The Kier molecular flexibility index (Phi) is 6.90. The van der Waals surface area contributed by atoms with E-state index < -0.39 is 0 Å². The maximum Gasteiger partial charge on any atom is 0.236 e. The molecule has 0 aliphatic carbocycles. The van der Waals surface area contributed by atoms with Gasteiger partial charge in [0.05, 0.1) is 10.8 Å². The van der Waals surface area contributed by atoms with Crippen LogP contribution in [0, 0.1) is 0 Å². The normalized spacial score (nSPS) is 10.6. The lowest BCUT2D eigenvalue weighted by Crippen LogP contribution is -2.15. The number of anilines is 2. The third-order valence-electron chi connectivity index (χ3n) is 4.00. The van der Waals surface area contributed by atoms with Gasteiger partial charge < -0.3 is 10.2 Å². The molecule has 0 aliphatic rings. The summed E-state index contributed by atoms with van der Waals surface area (Å²) in [5.41, 5.74) is 2.05. The lowest BCUT2D eigenvalue weighted by molar-refractivity contribution is -0.113. The van der Waals surface area contributed by atoms with Gasteiger partial charge in [0.2, 0.25) is 5.91 Å². The average molecular weight is 429 g/mol. The standard InChI is InChI=1S/C20H21ClN6OS/c1-4-11-27-19(14-5-8-16(9-6-14)26(2)3)24-25-20(27)29-13-18(28)23-17-10-7-15(21)12-22-17/h4-10,12H,1,11,13H2,2-3H3,(H,22,23,28). The van der Waals surface area contributed by atoms with Crippen molar-refractivity contribution in [2.75, 3.05) is 30.1 Å². The topological polar surface area (TPSA) is 75.9 Å². The number of nitrogens with zero attached hydrogens (tertiary/aromatic N) is 5. The van der Waals surface area contributed by atoms with Gasteiger partial charge in [-0.05, 0) is 36.4 Å². The quantitative estimate of drug-likeness (QED) is 0.432. The summed E-state index contributed by atoms with van der Waals surface area (Å²) in [6, 6.07) is 11.4. The number of carbonyl (C=O) groups excluding carboxylic acids is 1. The smallest absolute Gasteiger partial charge is 0.236 e. The highest BCUT2D eigenvalue weighted by Crippen LogP contribution is 2.26. The number of allylic oxidation sites excluding steroid dienone is 1. The zero-order valence-electron chi connectivity index (χ0n) is 16.2. The summed E-state index contributed by atoms with van der Waals surface area (Å²) in [4.78, 5) is 18.3. The third-order valence-corrected chi connectivity index (χ3v) is 5.19. The van der Waals surface area contributed by atoms with Crippen molar-refractivity contribution in [3.8, 4) is 11.4 Å². The molecule has 0 unspecified atom stereocenters. The van der Waals surface area contributed by atoms with Crippen molar-refractivity contribution in [1.82, 2.24) is 19.7 Å². The third kappa shape index (κ3) is 5.36. The van der Waals surface area contributed by atoms with Gasteiger partial charge in [-0.15, -0.1) is 16.8 Å². The fourth-order valence-corrected chi connectivity index (χ4v) is 3.43. The lowest BCUT2D eigenvalue weighted by Gasteiger charge is -2.13. The zero-order chi connectivity index (χ0) is 20.8. The number of nitrogens with one attached hydrogen (secondary N) is 1. The van der Waals surface area contributed by atoms with Crippen LogP contribution in [0.5, 0.6) is 0 Å². The van der Waals surface area contributed by atoms with Gasteiger partial charge in [-0.25, -0.2) is 4.98 Å². The van der Waals surface area contributed by atoms with Crippen LogP contribution in [-0.4, -0.2) is 45.5 Å². The summed E-state index contributed by atoms with van der Waals surface area (Å²) in [6.45, 7) is 4.36. The number of thioether (sulfide) groups is 1. The number of benzene rings is 1. The van der Waals surface area contributed by atoms with Gasteiger partial charge in [0, 0.05) is 38.1 Å². The predicted molar refractivity (Wildman–Crippen MR) is 119 cm³/mol. The molecule has 0 bridgehead atoms. The Morgan fingerprint density at radius 2 is 2.00 bits per heavy atom. The molecule has 29 heavy (non-hydrogen) atoms. The van der Waals surface area contributed by atoms with E-state index >= 15 is 0 Å². The van der Waals surface area contributed by atoms with Gasteiger partial charge in [-0.2, -0.15) is 0 Å². The fourth-order valence-electron chi connectivity index (χ4n) is 2.57. The van der Waals surface area contributed by atoms with Crippen molar-refractivity contribution in [2.24, 2.45) is 0 Å². The van der Waals surface area contributed by atoms with Crippen LogP contribution in [0.2, 0.25) is 5.02 Å². The van der Waals surface area contributed by atoms with E-state index in [1.54, 1.807) is 18.2 Å². The minimum absolute atomic E-state index is 0.180. The Bertz CT molecular complexity index is 985. The molecule has 0 atom stereocenters. The van der Waals surface area contributed by atoms with Crippen LogP contribution < -0.4 is 10.2 Å². The van der Waals surface area contributed by atoms with Crippen LogP contribution in [0.4, 0.5) is 11.5 Å². The Balaban J connectivity index is 1.71. The van der Waals surface area contributed by atoms with Crippen LogP contribution in [0.3, 0.4) is 0 Å². The number of pyridine rings is 1. The molecule has 1 aromatic carbocycles. The first kappa shape index (κ1) is 20.9. The van der Waals surface area contributed by atoms with E-state index in [-0.39, 0.29) is 11.7 Å². The molecule has 0 spiro atoms. The number of aromatic nitrogens is 4. The van der Waals surface area contributed by atoms with Crippen molar-refractivity contribution in [1.29, 1.82) is 0 Å². The van der Waals surface area contributed by atoms with Gasteiger partial charge in [0.1, 0.15) is 5.82 Å². The maximum atomic E-state index is 12.2. The number of hydrogen-bond donors (Lipinski definition) is 1. The molecule has 0 saturated carbocycles. The van der Waals surface area contributed by atoms with E-state index in [1.165, 1.54) is 18.0 Å². The zero-order valence-corrected chi connectivity index (χ0v) is 17.7. The molecule has 2 heterocycles. The second-order valence-electron chi connectivity index (χ2n) is 6.35. The highest BCUT2D eigenvalue weighted by atomic mass is 35.5. The van der Waals surface area contributed by atoms with E-state index in [2.05, 4.69) is 27.1 Å². The van der Waals surface area contributed by atoms with E-state index in [9.17, 15) is 4.79 Å². The van der Waals surface area contributed by atoms with Crippen LogP contribution in [0.15, 0.2) is 60.4 Å². The highest BCUT2D eigenvalue weighted by molar-refractivity contribution is 7.99. The van der Waals surface area contributed by atoms with Crippen molar-refractivity contribution in [3.63, 3.8) is 0 Å². The molecule has 3 rings (SSSR count). The number of hydrogen-bond acceptors (Lipinski definition) is 6. The molecule has 7 nitrogen and oxygen atoms in total. The number of halogens is 1. The van der Waals surface area contributed by atoms with E-state index in [0.717, 1.165) is 17.1 Å². The number of amides is 1. The van der Waals surface area contributed by atoms with E-state index in [1.807, 2.05) is 47.8 Å². The van der Waals surface area contributed by atoms with Crippen molar-refractivity contribution >= 4 is 40.8 Å². The number of carbonyl (C=O) groups is 1. The second-order valence-corrected chi connectivity index (χ2v) is 7.72. The molecule has 3 aromatic rings. The van der Waals surface area contributed by atoms with Gasteiger partial charge in [-0.1, -0.05) is 29.4 Å². The molecule has 9 heteroatoms. The van der Waals surface area contributed by atoms with Gasteiger partial charge in [-0.3, -0.25) is 9.36 Å². The molecule has 0 radical (unpaired) electrons. The van der Waals surface area contributed by atoms with Gasteiger partial charge in [0.15, 0.2) is 11.0 Å². The summed E-state index contributed by atoms with van der Waals surface area (Å²) in [7, 11) is 3.99. The molecule has 2 aromatic heterocycles. The molecule has 150 valence electrons. The second kappa shape index (κ2) is 9.58. The molecule has 0 saturated heterocycles. The first-order valence-corrected chi connectivity index (χ1v) is 10.2. The lowest BCUT2D eigenvalue weighted by atomic mass is 10.2. The first-order valence-electron chi connectivity index (χ1n) is 8.84. The van der Waals surface area contributed by atoms with Crippen molar-refractivity contribution in [3.05, 3.63) is 60.3 Å². The van der Waals surface area contributed by atoms with Gasteiger partial charge in [0.25, 0.3) is 0 Å². The molecular formula is C20H21ClN6OS. The minimum atomic E-state index is -0.185. The highest BCUT2D eigenvalue weighted by Gasteiger charge is 2.15. The van der Waals surface area contributed by atoms with Crippen molar-refractivity contribution in [2.45, 2.75) is 11.7 Å². The Morgan fingerprint density at radius 1 is 1.24 bits per heavy atom. The largest absolute Gasteiger partial charge is 0.378 e. The fraction of sp³-hybridized carbons (Fsp3) is 0.200. The molecule has 1 amide bonds. The minimum Gasteiger partial charge on any atom is -0.378 e. The number of rotatable bonds is 8. The summed E-state index contributed by atoms with van der Waals surface area (Å²) < 4.78 is 1.94. The summed E-state index contributed by atoms with van der Waals surface area (Å²) in [6.07, 6.45) is 3.27. The van der Waals surface area contributed by atoms with Crippen LogP contribution in [0.25, 0.3) is 11.4 Å². The molecule has 0 aliphatic heterocycles. The van der Waals surface area contributed by atoms with Crippen LogP contribution in [0.1, 0.15) is 0 Å². The average Bonchev–Trinajstić information content (AvgIpc) is 3.11. The van der Waals surface area contributed by atoms with E-state index in [0.29, 0.717) is 22.5 Å². The first-order chi connectivity index (χ1) is 14.0. The molecule has 0 fully saturated rings. The summed E-state index contributed by atoms with van der Waals surface area (Å²) in [5, 5.41) is 12.5. The SMILES string of the molecule is C=CCn1c(SCC(=O)Nc2ccc(Cl)cn2)nnc1-c1ccc(N(C)C)cc1. The Hall–Kier alpha value is -2.84. The van der Waals surface area contributed by atoms with Crippen molar-refractivity contribution < 1.29 is 4.79 Å². The monoisotopic (exact) mass is 428 g/mol. The summed E-state index contributed by atoms with van der Waals surface area (Å²) >= 11 is 7.11. The van der Waals surface area contributed by atoms with Crippen LogP contribution >= 0.6 is 23.4 Å². The summed E-state index contributed by atoms with van der Waals surface area (Å²) in [5.74, 6) is 1.18. The Morgan fingerprint density at radius 3 is 2.62 bits per heavy atom. The Labute approximate surface area is 178 Å². The van der Waals surface area contributed by atoms with Crippen LogP contribution in [-0.2, 0) is 11.3 Å². The molecular weight excluding hydrogens is 408 g/mol. The van der Waals surface area contributed by atoms with Gasteiger partial charge >= 0.3 is 0 Å². The van der Waals surface area contributed by atoms with E-state index in [4.69, 9.17) is 11.6 Å². The predicted octanol–water partition coefficient (Wildman–Crippen LogP) is 3.98. The maximum absolute atomic E-state index is 12.2. The molecule has 1 N–H and O–H groups in total.